The van der Waals surface area contributed by atoms with Crippen LogP contribution < -0.4 is 0 Å². The molecule has 1 aromatic carbocycles. The van der Waals surface area contributed by atoms with Crippen molar-refractivity contribution in [1.82, 2.24) is 0 Å². The molecule has 13 heavy (non-hydrogen) atoms. The Balaban J connectivity index is 0.000000223. The summed E-state index contributed by atoms with van der Waals surface area (Å²) in [7, 11) is -3.92. The van der Waals surface area contributed by atoms with E-state index in [9.17, 15) is 8.42 Å². The summed E-state index contributed by atoms with van der Waals surface area (Å²) in [5.41, 5.74) is 0. The van der Waals surface area contributed by atoms with E-state index in [-0.39, 0.29) is 0 Å². The molecule has 0 saturated carbocycles. The van der Waals surface area contributed by atoms with E-state index in [0.717, 1.165) is 0 Å². The maximum atomic E-state index is 9.63. The summed E-state index contributed by atoms with van der Waals surface area (Å²) in [6.07, 6.45) is 0. The Labute approximate surface area is 77.6 Å². The van der Waals surface area contributed by atoms with Crippen molar-refractivity contribution in [3.8, 4) is 0 Å². The Kier molecular flexibility index (Phi) is 6.13. The molecule has 1 rings (SSSR count). The molecule has 0 aliphatic carbocycles. The van der Waals surface area contributed by atoms with Gasteiger partial charge in [0, 0.05) is 0 Å². The number of rotatable bonds is 2. The first-order chi connectivity index (χ1) is 6.06. The fourth-order valence-corrected chi connectivity index (χ4v) is 0.731. The number of aliphatic hydroxyl groups excluding tert-OH is 1. The number of aliphatic hydroxyl groups is 1. The highest BCUT2D eigenvalue weighted by Crippen LogP contribution is 1.79. The van der Waals surface area contributed by atoms with Crippen molar-refractivity contribution in [2.24, 2.45) is 0 Å². The lowest BCUT2D eigenvalue weighted by Gasteiger charge is -1.85. The summed E-state index contributed by atoms with van der Waals surface area (Å²) in [6, 6.07) is 12.0. The van der Waals surface area contributed by atoms with E-state index < -0.39 is 22.5 Å². The molecule has 0 aliphatic rings. The Bertz CT molecular complexity index is 266. The smallest absolute Gasteiger partial charge is 0.267 e. The van der Waals surface area contributed by atoms with Crippen molar-refractivity contribution in [2.75, 3.05) is 12.4 Å². The van der Waals surface area contributed by atoms with E-state index in [1.807, 2.05) is 36.4 Å². The predicted molar refractivity (Wildman–Crippen MR) is 49.9 cm³/mol. The molecule has 0 fully saturated rings. The van der Waals surface area contributed by atoms with E-state index in [1.165, 1.54) is 0 Å². The first-order valence-corrected chi connectivity index (χ1v) is 5.23. The quantitative estimate of drug-likeness (QED) is 0.690. The minimum absolute atomic E-state index is 0.529. The highest BCUT2D eigenvalue weighted by Gasteiger charge is 1.99. The van der Waals surface area contributed by atoms with Crippen LogP contribution in [0.4, 0.5) is 0 Å². The Hall–Kier alpha value is -0.910. The third-order valence-electron chi connectivity index (χ3n) is 1.02. The van der Waals surface area contributed by atoms with Gasteiger partial charge in [-0.05, 0) is 0 Å². The molecule has 0 atom stereocenters. The molecule has 0 radical (unpaired) electrons. The van der Waals surface area contributed by atoms with Crippen LogP contribution in [-0.2, 0) is 10.1 Å². The molecule has 4 nitrogen and oxygen atoms in total. The SMILES string of the molecule is O=S(=O)(O)CCO.c1ccccc1. The summed E-state index contributed by atoms with van der Waals surface area (Å²) in [6.45, 7) is -0.529. The van der Waals surface area contributed by atoms with Crippen molar-refractivity contribution in [2.45, 2.75) is 0 Å². The molecule has 0 aliphatic heterocycles. The Morgan fingerprint density at radius 3 is 1.31 bits per heavy atom. The zero-order valence-corrected chi connectivity index (χ0v) is 7.81. The first-order valence-electron chi connectivity index (χ1n) is 3.62. The van der Waals surface area contributed by atoms with Gasteiger partial charge in [-0.25, -0.2) is 0 Å². The molecule has 2 N–H and O–H groups in total. The van der Waals surface area contributed by atoms with Crippen molar-refractivity contribution < 1.29 is 18.1 Å². The van der Waals surface area contributed by atoms with Gasteiger partial charge in [-0.15, -0.1) is 0 Å². The predicted octanol–water partition coefficient (Wildman–Crippen LogP) is 0.553. The lowest BCUT2D eigenvalue weighted by molar-refractivity contribution is 0.315. The molecule has 0 spiro atoms. The van der Waals surface area contributed by atoms with Crippen molar-refractivity contribution in [1.29, 1.82) is 0 Å². The molecular formula is C8H12O4S. The molecule has 0 aromatic heterocycles. The number of hydrogen-bond acceptors (Lipinski definition) is 3. The van der Waals surface area contributed by atoms with Gasteiger partial charge in [0.1, 0.15) is 0 Å². The van der Waals surface area contributed by atoms with Gasteiger partial charge in [0.15, 0.2) is 0 Å². The van der Waals surface area contributed by atoms with Gasteiger partial charge in [0.2, 0.25) is 0 Å². The highest BCUT2D eigenvalue weighted by atomic mass is 32.2. The Morgan fingerprint density at radius 2 is 1.23 bits per heavy atom. The first kappa shape index (κ1) is 12.1. The molecule has 1 aromatic rings. The lowest BCUT2D eigenvalue weighted by atomic mass is 10.4. The van der Waals surface area contributed by atoms with Crippen LogP contribution in [0.2, 0.25) is 0 Å². The molecule has 0 unspecified atom stereocenters. The van der Waals surface area contributed by atoms with Gasteiger partial charge in [-0.2, -0.15) is 8.42 Å². The average Bonchev–Trinajstić information content (AvgIpc) is 2.06. The molecule has 0 amide bonds. The van der Waals surface area contributed by atoms with Gasteiger partial charge in [0.25, 0.3) is 10.1 Å². The van der Waals surface area contributed by atoms with E-state index >= 15 is 0 Å². The summed E-state index contributed by atoms with van der Waals surface area (Å²) < 4.78 is 27.1. The lowest BCUT2D eigenvalue weighted by Crippen LogP contribution is -2.06. The standard InChI is InChI=1S/C6H6.C2H6O4S/c1-2-4-6-5-3-1;3-1-2-7(4,5)6/h1-6H;3H,1-2H2,(H,4,5,6). The topological polar surface area (TPSA) is 74.6 Å². The van der Waals surface area contributed by atoms with E-state index in [1.54, 1.807) is 0 Å². The normalized spacial score (nSPS) is 10.0. The second kappa shape index (κ2) is 6.59. The van der Waals surface area contributed by atoms with Gasteiger partial charge < -0.3 is 5.11 Å². The van der Waals surface area contributed by atoms with Crippen LogP contribution in [0.15, 0.2) is 36.4 Å². The summed E-state index contributed by atoms with van der Waals surface area (Å²) in [5, 5.41) is 7.86. The van der Waals surface area contributed by atoms with E-state index in [2.05, 4.69) is 0 Å². The summed E-state index contributed by atoms with van der Waals surface area (Å²) >= 11 is 0. The fourth-order valence-electron chi connectivity index (χ4n) is 0.500. The third kappa shape index (κ3) is 11.1. The monoisotopic (exact) mass is 204 g/mol. The van der Waals surface area contributed by atoms with Crippen LogP contribution >= 0.6 is 0 Å². The number of hydrogen-bond donors (Lipinski definition) is 2. The van der Waals surface area contributed by atoms with Crippen molar-refractivity contribution in [3.05, 3.63) is 36.4 Å². The average molecular weight is 204 g/mol. The molecule has 0 heterocycles. The van der Waals surface area contributed by atoms with Gasteiger partial charge in [0.05, 0.1) is 12.4 Å². The highest BCUT2D eigenvalue weighted by molar-refractivity contribution is 7.85. The maximum absolute atomic E-state index is 9.63. The van der Waals surface area contributed by atoms with Crippen LogP contribution in [0, 0.1) is 0 Å². The fraction of sp³-hybridized carbons (Fsp3) is 0.250. The van der Waals surface area contributed by atoms with E-state index in [0.29, 0.717) is 0 Å². The minimum Gasteiger partial charge on any atom is -0.395 e. The second-order valence-electron chi connectivity index (χ2n) is 2.16. The van der Waals surface area contributed by atoms with Gasteiger partial charge in [-0.1, -0.05) is 36.4 Å². The van der Waals surface area contributed by atoms with Crippen LogP contribution in [0.1, 0.15) is 0 Å². The van der Waals surface area contributed by atoms with Gasteiger partial charge >= 0.3 is 0 Å². The van der Waals surface area contributed by atoms with Crippen LogP contribution in [0.3, 0.4) is 0 Å². The van der Waals surface area contributed by atoms with Crippen molar-refractivity contribution >= 4 is 10.1 Å². The molecule has 0 bridgehead atoms. The zero-order chi connectivity index (χ0) is 10.2. The van der Waals surface area contributed by atoms with Crippen LogP contribution in [-0.4, -0.2) is 30.4 Å². The summed E-state index contributed by atoms with van der Waals surface area (Å²) in [4.78, 5) is 0. The molecule has 0 saturated heterocycles. The minimum atomic E-state index is -3.92. The largest absolute Gasteiger partial charge is 0.395 e. The summed E-state index contributed by atoms with van der Waals surface area (Å²) in [5.74, 6) is -0.576. The maximum Gasteiger partial charge on any atom is 0.267 e. The second-order valence-corrected chi connectivity index (χ2v) is 3.74. The van der Waals surface area contributed by atoms with Crippen molar-refractivity contribution in [3.63, 3.8) is 0 Å². The van der Waals surface area contributed by atoms with E-state index in [4.69, 9.17) is 9.66 Å². The van der Waals surface area contributed by atoms with Crippen LogP contribution in [0.25, 0.3) is 0 Å². The molecule has 74 valence electrons. The molecule has 5 heteroatoms. The molecular weight excluding hydrogens is 192 g/mol. The zero-order valence-electron chi connectivity index (χ0n) is 7.00. The van der Waals surface area contributed by atoms with Crippen LogP contribution in [0.5, 0.6) is 0 Å². The Morgan fingerprint density at radius 1 is 0.923 bits per heavy atom. The van der Waals surface area contributed by atoms with Gasteiger partial charge in [-0.3, -0.25) is 4.55 Å². The number of benzene rings is 1. The third-order valence-corrected chi connectivity index (χ3v) is 1.71.